The van der Waals surface area contributed by atoms with Gasteiger partial charge in [-0.3, -0.25) is 9.59 Å². The van der Waals surface area contributed by atoms with Crippen LogP contribution in [0.1, 0.15) is 29.4 Å². The lowest BCUT2D eigenvalue weighted by molar-refractivity contribution is -0.116. The number of fused-ring (bicyclic) bond motifs is 1. The quantitative estimate of drug-likeness (QED) is 0.697. The number of aryl methyl sites for hydroxylation is 1. The molecule has 1 aliphatic rings. The van der Waals surface area contributed by atoms with Crippen LogP contribution in [0.3, 0.4) is 0 Å². The lowest BCUT2D eigenvalue weighted by Crippen LogP contribution is -2.33. The van der Waals surface area contributed by atoms with E-state index in [0.29, 0.717) is 11.4 Å². The summed E-state index contributed by atoms with van der Waals surface area (Å²) in [4.78, 5) is 30.8. The average Bonchev–Trinajstić information content (AvgIpc) is 3.23. The minimum absolute atomic E-state index is 0.0362. The lowest BCUT2D eigenvalue weighted by atomic mass is 10.0. The second-order valence-electron chi connectivity index (χ2n) is 6.81. The molecule has 6 nitrogen and oxygen atoms in total. The molecule has 148 valence electrons. The number of carbonyl (C=O) groups excluding carboxylic acids is 2. The highest BCUT2D eigenvalue weighted by Crippen LogP contribution is 2.33. The standard InChI is InChI=1S/C22H21N3O3S/c1-14(26)25-11-5-6-15-12-16(9-10-19(15)25)23-21(27)18-13-29-22(24-18)17-7-3-4-8-20(17)28-2/h3-4,7-10,12-13H,5-6,11H2,1-2H3,(H,23,27). The van der Waals surface area contributed by atoms with Crippen LogP contribution < -0.4 is 15.0 Å². The van der Waals surface area contributed by atoms with E-state index in [0.717, 1.165) is 47.0 Å². The molecular weight excluding hydrogens is 386 g/mol. The molecule has 0 saturated heterocycles. The maximum Gasteiger partial charge on any atom is 0.275 e. The Hall–Kier alpha value is -3.19. The van der Waals surface area contributed by atoms with Crippen molar-refractivity contribution >= 4 is 34.5 Å². The topological polar surface area (TPSA) is 71.5 Å². The highest BCUT2D eigenvalue weighted by Gasteiger charge is 2.21. The summed E-state index contributed by atoms with van der Waals surface area (Å²) < 4.78 is 5.38. The molecule has 0 unspecified atom stereocenters. The second-order valence-corrected chi connectivity index (χ2v) is 7.67. The molecule has 0 radical (unpaired) electrons. The number of methoxy groups -OCH3 is 1. The molecule has 1 N–H and O–H groups in total. The van der Waals surface area contributed by atoms with Gasteiger partial charge in [0.25, 0.3) is 5.91 Å². The zero-order valence-corrected chi connectivity index (χ0v) is 17.1. The Labute approximate surface area is 173 Å². The third-order valence-corrected chi connectivity index (χ3v) is 5.79. The van der Waals surface area contributed by atoms with E-state index in [1.165, 1.54) is 11.3 Å². The number of hydrogen-bond acceptors (Lipinski definition) is 5. The third-order valence-electron chi connectivity index (χ3n) is 4.91. The van der Waals surface area contributed by atoms with E-state index < -0.39 is 0 Å². The predicted molar refractivity (Wildman–Crippen MR) is 115 cm³/mol. The predicted octanol–water partition coefficient (Wildman–Crippen LogP) is 4.37. The Balaban J connectivity index is 1.53. The third kappa shape index (κ3) is 3.86. The van der Waals surface area contributed by atoms with Crippen LogP contribution in [0.25, 0.3) is 10.6 Å². The minimum atomic E-state index is -0.262. The monoisotopic (exact) mass is 407 g/mol. The molecule has 4 rings (SSSR count). The van der Waals surface area contributed by atoms with Gasteiger partial charge in [0.2, 0.25) is 5.91 Å². The molecule has 2 amide bonds. The number of nitrogens with zero attached hydrogens (tertiary/aromatic N) is 2. The number of rotatable bonds is 4. The molecule has 29 heavy (non-hydrogen) atoms. The van der Waals surface area contributed by atoms with Crippen LogP contribution in [0, 0.1) is 0 Å². The normalized spacial score (nSPS) is 13.0. The number of carbonyl (C=O) groups is 2. The Bertz CT molecular complexity index is 1080. The van der Waals surface area contributed by atoms with Crippen molar-refractivity contribution in [3.05, 3.63) is 59.1 Å². The van der Waals surface area contributed by atoms with Gasteiger partial charge in [0.15, 0.2) is 0 Å². The maximum absolute atomic E-state index is 12.7. The summed E-state index contributed by atoms with van der Waals surface area (Å²) >= 11 is 1.40. The van der Waals surface area contributed by atoms with Crippen molar-refractivity contribution in [3.63, 3.8) is 0 Å². The van der Waals surface area contributed by atoms with Crippen molar-refractivity contribution in [2.75, 3.05) is 23.9 Å². The molecule has 0 spiro atoms. The van der Waals surface area contributed by atoms with Gasteiger partial charge >= 0.3 is 0 Å². The van der Waals surface area contributed by atoms with E-state index in [4.69, 9.17) is 4.74 Å². The van der Waals surface area contributed by atoms with Gasteiger partial charge in [0.05, 0.1) is 12.7 Å². The lowest BCUT2D eigenvalue weighted by Gasteiger charge is -2.28. The van der Waals surface area contributed by atoms with Gasteiger partial charge in [-0.15, -0.1) is 11.3 Å². The summed E-state index contributed by atoms with van der Waals surface area (Å²) in [7, 11) is 1.61. The largest absolute Gasteiger partial charge is 0.496 e. The first-order valence-electron chi connectivity index (χ1n) is 9.38. The highest BCUT2D eigenvalue weighted by atomic mass is 32.1. The SMILES string of the molecule is COc1ccccc1-c1nc(C(=O)Nc2ccc3c(c2)CCCN3C(C)=O)cs1. The van der Waals surface area contributed by atoms with Gasteiger partial charge in [-0.05, 0) is 48.7 Å². The molecule has 0 aliphatic carbocycles. The van der Waals surface area contributed by atoms with Crippen molar-refractivity contribution in [3.8, 4) is 16.3 Å². The summed E-state index contributed by atoms with van der Waals surface area (Å²) in [6.45, 7) is 2.31. The Morgan fingerprint density at radius 2 is 2.03 bits per heavy atom. The number of thiazole rings is 1. The smallest absolute Gasteiger partial charge is 0.275 e. The molecule has 0 bridgehead atoms. The molecule has 1 aromatic heterocycles. The van der Waals surface area contributed by atoms with Crippen LogP contribution in [0.5, 0.6) is 5.75 Å². The van der Waals surface area contributed by atoms with Gasteiger partial charge in [0.1, 0.15) is 16.5 Å². The van der Waals surface area contributed by atoms with E-state index in [1.54, 1.807) is 24.3 Å². The van der Waals surface area contributed by atoms with Crippen molar-refractivity contribution in [2.45, 2.75) is 19.8 Å². The second kappa shape index (κ2) is 8.05. The number of benzene rings is 2. The van der Waals surface area contributed by atoms with Crippen LogP contribution in [0.4, 0.5) is 11.4 Å². The molecule has 0 atom stereocenters. The summed E-state index contributed by atoms with van der Waals surface area (Å²) in [5.74, 6) is 0.495. The summed E-state index contributed by atoms with van der Waals surface area (Å²) in [5.41, 5.74) is 3.91. The fourth-order valence-electron chi connectivity index (χ4n) is 3.52. The van der Waals surface area contributed by atoms with Crippen molar-refractivity contribution in [1.29, 1.82) is 0 Å². The van der Waals surface area contributed by atoms with Gasteiger partial charge < -0.3 is 15.0 Å². The van der Waals surface area contributed by atoms with Gasteiger partial charge in [-0.1, -0.05) is 12.1 Å². The Morgan fingerprint density at radius 1 is 1.21 bits per heavy atom. The molecule has 2 heterocycles. The van der Waals surface area contributed by atoms with E-state index >= 15 is 0 Å². The average molecular weight is 407 g/mol. The molecular formula is C22H21N3O3S. The van der Waals surface area contributed by atoms with Crippen LogP contribution >= 0.6 is 11.3 Å². The number of aromatic nitrogens is 1. The van der Waals surface area contributed by atoms with E-state index in [9.17, 15) is 9.59 Å². The summed E-state index contributed by atoms with van der Waals surface area (Å²) in [6, 6.07) is 13.3. The number of amides is 2. The minimum Gasteiger partial charge on any atom is -0.496 e. The van der Waals surface area contributed by atoms with E-state index in [-0.39, 0.29) is 11.8 Å². The number of nitrogens with one attached hydrogen (secondary N) is 1. The fourth-order valence-corrected chi connectivity index (χ4v) is 4.35. The van der Waals surface area contributed by atoms with Crippen molar-refractivity contribution in [1.82, 2.24) is 4.98 Å². The number of anilines is 2. The van der Waals surface area contributed by atoms with Crippen molar-refractivity contribution < 1.29 is 14.3 Å². The van der Waals surface area contributed by atoms with Gasteiger partial charge in [-0.2, -0.15) is 0 Å². The first kappa shape index (κ1) is 19.1. The number of hydrogen-bond donors (Lipinski definition) is 1. The van der Waals surface area contributed by atoms with Crippen LogP contribution in [0.2, 0.25) is 0 Å². The molecule has 0 fully saturated rings. The summed E-state index contributed by atoms with van der Waals surface area (Å²) in [5, 5.41) is 5.39. The van der Waals surface area contributed by atoms with E-state index in [1.807, 2.05) is 42.5 Å². The zero-order chi connectivity index (χ0) is 20.4. The highest BCUT2D eigenvalue weighted by molar-refractivity contribution is 7.13. The van der Waals surface area contributed by atoms with Gasteiger partial charge in [0, 0.05) is 30.2 Å². The summed E-state index contributed by atoms with van der Waals surface area (Å²) in [6.07, 6.45) is 1.80. The van der Waals surface area contributed by atoms with E-state index in [2.05, 4.69) is 10.3 Å². The molecule has 2 aromatic carbocycles. The van der Waals surface area contributed by atoms with Gasteiger partial charge in [-0.25, -0.2) is 4.98 Å². The first-order valence-corrected chi connectivity index (χ1v) is 10.3. The Morgan fingerprint density at radius 3 is 2.83 bits per heavy atom. The fraction of sp³-hybridized carbons (Fsp3) is 0.227. The van der Waals surface area contributed by atoms with Crippen molar-refractivity contribution in [2.24, 2.45) is 0 Å². The molecule has 0 saturated carbocycles. The Kier molecular flexibility index (Phi) is 5.31. The molecule has 1 aliphatic heterocycles. The first-order chi connectivity index (χ1) is 14.1. The van der Waals surface area contributed by atoms with Crippen LogP contribution in [-0.4, -0.2) is 30.5 Å². The van der Waals surface area contributed by atoms with Crippen LogP contribution in [-0.2, 0) is 11.2 Å². The number of ether oxygens (including phenoxy) is 1. The van der Waals surface area contributed by atoms with Crippen LogP contribution in [0.15, 0.2) is 47.8 Å². The molecule has 3 aromatic rings. The molecule has 7 heteroatoms. The maximum atomic E-state index is 12.7. The number of para-hydroxylation sites is 1. The zero-order valence-electron chi connectivity index (χ0n) is 16.3.